The smallest absolute Gasteiger partial charge is 0.278 e. The van der Waals surface area contributed by atoms with Gasteiger partial charge in [-0.3, -0.25) is 9.36 Å². The van der Waals surface area contributed by atoms with Crippen LogP contribution in [-0.2, 0) is 6.54 Å². The van der Waals surface area contributed by atoms with E-state index in [-0.39, 0.29) is 11.6 Å². The van der Waals surface area contributed by atoms with Gasteiger partial charge in [0.2, 0.25) is 0 Å². The monoisotopic (exact) mass is 268 g/mol. The summed E-state index contributed by atoms with van der Waals surface area (Å²) < 4.78 is 3.23. The number of nitrogens with two attached hydrogens (primary N) is 1. The molecule has 3 rings (SSSR count). The van der Waals surface area contributed by atoms with Crippen LogP contribution in [0.1, 0.15) is 24.4 Å². The van der Waals surface area contributed by atoms with Gasteiger partial charge < -0.3 is 5.73 Å². The molecule has 3 aromatic rings. The normalized spacial score (nSPS) is 12.7. The Bertz CT molecular complexity index is 786. The maximum Gasteiger partial charge on any atom is 0.278 e. The molecule has 0 aliphatic carbocycles. The van der Waals surface area contributed by atoms with E-state index in [1.165, 1.54) is 0 Å². The molecule has 102 valence electrons. The number of benzene rings is 1. The average molecular weight is 268 g/mol. The van der Waals surface area contributed by atoms with Crippen LogP contribution in [0.25, 0.3) is 5.52 Å². The maximum absolute atomic E-state index is 12.6. The highest BCUT2D eigenvalue weighted by molar-refractivity contribution is 5.44. The van der Waals surface area contributed by atoms with E-state index in [0.717, 1.165) is 5.56 Å². The first-order valence-corrected chi connectivity index (χ1v) is 6.54. The maximum atomic E-state index is 12.6. The van der Waals surface area contributed by atoms with Crippen molar-refractivity contribution < 1.29 is 0 Å². The van der Waals surface area contributed by atoms with Crippen LogP contribution in [0.2, 0.25) is 0 Å². The first kappa shape index (κ1) is 12.6. The van der Waals surface area contributed by atoms with Crippen LogP contribution in [0.15, 0.2) is 53.5 Å². The van der Waals surface area contributed by atoms with E-state index in [1.54, 1.807) is 21.3 Å². The van der Waals surface area contributed by atoms with E-state index in [2.05, 4.69) is 5.10 Å². The van der Waals surface area contributed by atoms with Crippen LogP contribution in [0, 0.1) is 0 Å². The van der Waals surface area contributed by atoms with Crippen molar-refractivity contribution in [1.82, 2.24) is 14.2 Å². The molecule has 5 nitrogen and oxygen atoms in total. The third kappa shape index (κ3) is 2.12. The minimum Gasteiger partial charge on any atom is -0.322 e. The summed E-state index contributed by atoms with van der Waals surface area (Å²) in [6.45, 7) is 2.31. The standard InChI is InChI=1S/C15H16N4O/c1-11(16)14-17-19-9-5-8-13(19)15(20)18(14)10-12-6-3-2-4-7-12/h2-9,11H,10,16H2,1H3. The lowest BCUT2D eigenvalue weighted by molar-refractivity contribution is 0.584. The Hall–Kier alpha value is -2.40. The zero-order valence-electron chi connectivity index (χ0n) is 11.2. The predicted molar refractivity (Wildman–Crippen MR) is 77.6 cm³/mol. The lowest BCUT2D eigenvalue weighted by atomic mass is 10.2. The van der Waals surface area contributed by atoms with Crippen LogP contribution in [0.4, 0.5) is 0 Å². The van der Waals surface area contributed by atoms with Crippen molar-refractivity contribution in [2.24, 2.45) is 5.73 Å². The summed E-state index contributed by atoms with van der Waals surface area (Å²) in [5.41, 5.74) is 7.50. The highest BCUT2D eigenvalue weighted by Gasteiger charge is 2.14. The van der Waals surface area contributed by atoms with Gasteiger partial charge in [-0.05, 0) is 24.6 Å². The molecule has 20 heavy (non-hydrogen) atoms. The van der Waals surface area contributed by atoms with Gasteiger partial charge in [-0.1, -0.05) is 30.3 Å². The van der Waals surface area contributed by atoms with E-state index in [1.807, 2.05) is 43.3 Å². The number of fused-ring (bicyclic) bond motifs is 1. The lowest BCUT2D eigenvalue weighted by Gasteiger charge is -2.15. The molecule has 2 heterocycles. The molecule has 5 heteroatoms. The fourth-order valence-electron chi connectivity index (χ4n) is 2.29. The highest BCUT2D eigenvalue weighted by Crippen LogP contribution is 2.09. The first-order valence-electron chi connectivity index (χ1n) is 6.54. The topological polar surface area (TPSA) is 65.3 Å². The largest absolute Gasteiger partial charge is 0.322 e. The fraction of sp³-hybridized carbons (Fsp3) is 0.200. The summed E-state index contributed by atoms with van der Waals surface area (Å²) in [7, 11) is 0. The zero-order valence-corrected chi connectivity index (χ0v) is 11.2. The Morgan fingerprint density at radius 3 is 2.65 bits per heavy atom. The molecular weight excluding hydrogens is 252 g/mol. The molecule has 2 aromatic heterocycles. The van der Waals surface area contributed by atoms with E-state index < -0.39 is 0 Å². The van der Waals surface area contributed by atoms with Crippen molar-refractivity contribution in [3.05, 3.63) is 70.4 Å². The lowest BCUT2D eigenvalue weighted by Crippen LogP contribution is -2.30. The van der Waals surface area contributed by atoms with Gasteiger partial charge in [0.25, 0.3) is 5.56 Å². The molecule has 0 aliphatic rings. The predicted octanol–water partition coefficient (Wildman–Crippen LogP) is 1.56. The molecule has 0 saturated carbocycles. The van der Waals surface area contributed by atoms with Crippen molar-refractivity contribution in [2.75, 3.05) is 0 Å². The van der Waals surface area contributed by atoms with Crippen LogP contribution >= 0.6 is 0 Å². The Balaban J connectivity index is 2.19. The van der Waals surface area contributed by atoms with Crippen molar-refractivity contribution >= 4 is 5.52 Å². The van der Waals surface area contributed by atoms with Crippen LogP contribution in [-0.4, -0.2) is 14.2 Å². The minimum absolute atomic E-state index is 0.0684. The van der Waals surface area contributed by atoms with Gasteiger partial charge in [0.1, 0.15) is 11.3 Å². The molecule has 1 unspecified atom stereocenters. The Morgan fingerprint density at radius 1 is 1.20 bits per heavy atom. The van der Waals surface area contributed by atoms with Gasteiger partial charge in [0.05, 0.1) is 12.6 Å². The molecule has 0 aliphatic heterocycles. The summed E-state index contributed by atoms with van der Waals surface area (Å²) in [6, 6.07) is 13.1. The molecule has 0 radical (unpaired) electrons. The number of hydrogen-bond acceptors (Lipinski definition) is 3. The molecule has 0 fully saturated rings. The Labute approximate surface area is 116 Å². The van der Waals surface area contributed by atoms with Crippen molar-refractivity contribution in [1.29, 1.82) is 0 Å². The molecular formula is C15H16N4O. The van der Waals surface area contributed by atoms with E-state index >= 15 is 0 Å². The van der Waals surface area contributed by atoms with Gasteiger partial charge >= 0.3 is 0 Å². The van der Waals surface area contributed by atoms with Gasteiger partial charge in [0.15, 0.2) is 0 Å². The summed E-state index contributed by atoms with van der Waals surface area (Å²) >= 11 is 0. The Kier molecular flexibility index (Phi) is 3.12. The second-order valence-corrected chi connectivity index (χ2v) is 4.86. The number of hydrogen-bond donors (Lipinski definition) is 1. The molecule has 0 bridgehead atoms. The first-order chi connectivity index (χ1) is 9.66. The van der Waals surface area contributed by atoms with Crippen LogP contribution in [0.3, 0.4) is 0 Å². The third-order valence-corrected chi connectivity index (χ3v) is 3.27. The van der Waals surface area contributed by atoms with E-state index in [0.29, 0.717) is 17.9 Å². The summed E-state index contributed by atoms with van der Waals surface area (Å²) in [4.78, 5) is 12.6. The van der Waals surface area contributed by atoms with Crippen molar-refractivity contribution in [2.45, 2.75) is 19.5 Å². The molecule has 1 atom stereocenters. The Morgan fingerprint density at radius 2 is 1.95 bits per heavy atom. The number of nitrogens with zero attached hydrogens (tertiary/aromatic N) is 3. The third-order valence-electron chi connectivity index (χ3n) is 3.27. The summed E-state index contributed by atoms with van der Waals surface area (Å²) in [5.74, 6) is 0.586. The SMILES string of the molecule is CC(N)c1nn2cccc2c(=O)n1Cc1ccccc1. The van der Waals surface area contributed by atoms with Crippen molar-refractivity contribution in [3.8, 4) is 0 Å². The van der Waals surface area contributed by atoms with Gasteiger partial charge in [0, 0.05) is 6.20 Å². The molecule has 0 spiro atoms. The van der Waals surface area contributed by atoms with E-state index in [9.17, 15) is 4.79 Å². The number of rotatable bonds is 3. The van der Waals surface area contributed by atoms with E-state index in [4.69, 9.17) is 5.73 Å². The number of aromatic nitrogens is 3. The quantitative estimate of drug-likeness (QED) is 0.784. The molecule has 1 aromatic carbocycles. The zero-order chi connectivity index (χ0) is 14.1. The van der Waals surface area contributed by atoms with Gasteiger partial charge in [-0.2, -0.15) is 5.10 Å². The molecule has 0 saturated heterocycles. The summed E-state index contributed by atoms with van der Waals surface area (Å²) in [5, 5.41) is 4.45. The second kappa shape index (κ2) is 4.94. The van der Waals surface area contributed by atoms with Crippen LogP contribution < -0.4 is 11.3 Å². The highest BCUT2D eigenvalue weighted by atomic mass is 16.1. The van der Waals surface area contributed by atoms with Crippen LogP contribution in [0.5, 0.6) is 0 Å². The molecule has 0 amide bonds. The average Bonchev–Trinajstić information content (AvgIpc) is 2.91. The fourth-order valence-corrected chi connectivity index (χ4v) is 2.29. The second-order valence-electron chi connectivity index (χ2n) is 4.86. The minimum atomic E-state index is -0.307. The van der Waals surface area contributed by atoms with Crippen molar-refractivity contribution in [3.63, 3.8) is 0 Å². The van der Waals surface area contributed by atoms with Gasteiger partial charge in [-0.25, -0.2) is 4.52 Å². The molecule has 2 N–H and O–H groups in total. The van der Waals surface area contributed by atoms with Gasteiger partial charge in [-0.15, -0.1) is 0 Å². The summed E-state index contributed by atoms with van der Waals surface area (Å²) in [6.07, 6.45) is 1.76.